The Kier molecular flexibility index (Phi) is 9.15. The van der Waals surface area contributed by atoms with E-state index in [1.165, 1.54) is 0 Å². The lowest BCUT2D eigenvalue weighted by Gasteiger charge is -2.17. The molecule has 19 heavy (non-hydrogen) atoms. The number of carbonyl (C=O) groups excluding carboxylic acids is 2. The quantitative estimate of drug-likeness (QED) is 0.158. The largest absolute Gasteiger partial charge is 0.370 e. The zero-order chi connectivity index (χ0) is 14.7. The molecule has 110 valence electrons. The third-order valence-corrected chi connectivity index (χ3v) is 2.38. The van der Waals surface area contributed by atoms with Gasteiger partial charge < -0.3 is 27.4 Å². The molecule has 0 bridgehead atoms. The van der Waals surface area contributed by atoms with E-state index in [0.717, 1.165) is 13.0 Å². The molecule has 8 N–H and O–H groups in total. The van der Waals surface area contributed by atoms with Gasteiger partial charge in [-0.3, -0.25) is 15.0 Å². The summed E-state index contributed by atoms with van der Waals surface area (Å²) in [6, 6.07) is -0.368. The van der Waals surface area contributed by atoms with Crippen molar-refractivity contribution in [1.82, 2.24) is 16.0 Å². The molecule has 0 unspecified atom stereocenters. The van der Waals surface area contributed by atoms with Gasteiger partial charge in [0.15, 0.2) is 5.96 Å². The van der Waals surface area contributed by atoms with Crippen LogP contribution in [0.15, 0.2) is 0 Å². The van der Waals surface area contributed by atoms with Crippen molar-refractivity contribution in [3.63, 3.8) is 0 Å². The summed E-state index contributed by atoms with van der Waals surface area (Å²) >= 11 is 0. The molecule has 0 aliphatic carbocycles. The van der Waals surface area contributed by atoms with Crippen LogP contribution in [0, 0.1) is 5.41 Å². The molecule has 0 aromatic rings. The van der Waals surface area contributed by atoms with Crippen LogP contribution in [0.5, 0.6) is 0 Å². The number of amides is 2. The number of nitrogens with one attached hydrogen (secondary N) is 4. The van der Waals surface area contributed by atoms with E-state index in [2.05, 4.69) is 16.0 Å². The van der Waals surface area contributed by atoms with Crippen LogP contribution in [0.25, 0.3) is 0 Å². The predicted octanol–water partition coefficient (Wildman–Crippen LogP) is -1.78. The highest BCUT2D eigenvalue weighted by atomic mass is 16.2. The normalized spacial score (nSPS) is 11.6. The van der Waals surface area contributed by atoms with Crippen molar-refractivity contribution in [2.75, 3.05) is 19.6 Å². The lowest BCUT2D eigenvalue weighted by molar-refractivity contribution is -0.126. The highest BCUT2D eigenvalue weighted by Gasteiger charge is 2.17. The number of nitrogens with two attached hydrogens (primary N) is 2. The lowest BCUT2D eigenvalue weighted by Crippen LogP contribution is -2.47. The Morgan fingerprint density at radius 1 is 1.21 bits per heavy atom. The van der Waals surface area contributed by atoms with Crippen LogP contribution in [0.4, 0.5) is 0 Å². The van der Waals surface area contributed by atoms with E-state index in [4.69, 9.17) is 16.9 Å². The fraction of sp³-hybridized carbons (Fsp3) is 0.727. The van der Waals surface area contributed by atoms with Crippen molar-refractivity contribution in [2.45, 2.75) is 32.2 Å². The predicted molar refractivity (Wildman–Crippen MR) is 73.4 cm³/mol. The maximum atomic E-state index is 11.8. The monoisotopic (exact) mass is 272 g/mol. The molecule has 0 radical (unpaired) electrons. The standard InChI is InChI=1S/C11H24N6O2/c1-2-5-15-8(4-3-6-16-11(13)14)10(19)17-7-9(12)18/h8,15H,2-7H2,1H3,(H2,12,18)(H,17,19)(H4,13,14,16)/t8-/m0/s1. The van der Waals surface area contributed by atoms with Gasteiger partial charge in [0.25, 0.3) is 0 Å². The Morgan fingerprint density at radius 3 is 2.42 bits per heavy atom. The molecule has 0 aromatic heterocycles. The minimum Gasteiger partial charge on any atom is -0.370 e. The first kappa shape index (κ1) is 17.2. The highest BCUT2D eigenvalue weighted by Crippen LogP contribution is 1.97. The van der Waals surface area contributed by atoms with Crippen molar-refractivity contribution in [3.05, 3.63) is 0 Å². The third-order valence-electron chi connectivity index (χ3n) is 2.38. The van der Waals surface area contributed by atoms with Crippen molar-refractivity contribution in [1.29, 1.82) is 5.41 Å². The molecule has 0 aliphatic heterocycles. The number of rotatable bonds is 10. The Balaban J connectivity index is 4.08. The van der Waals surface area contributed by atoms with Crippen LogP contribution in [-0.4, -0.2) is 43.5 Å². The van der Waals surface area contributed by atoms with Gasteiger partial charge in [-0.15, -0.1) is 0 Å². The lowest BCUT2D eigenvalue weighted by atomic mass is 10.1. The zero-order valence-electron chi connectivity index (χ0n) is 11.3. The molecule has 0 aliphatic rings. The number of hydrogen-bond acceptors (Lipinski definition) is 4. The number of guanidine groups is 1. The van der Waals surface area contributed by atoms with Gasteiger partial charge in [-0.25, -0.2) is 0 Å². The van der Waals surface area contributed by atoms with Crippen molar-refractivity contribution >= 4 is 17.8 Å². The summed E-state index contributed by atoms with van der Waals surface area (Å²) in [6.07, 6.45) is 2.18. The van der Waals surface area contributed by atoms with Crippen LogP contribution in [-0.2, 0) is 9.59 Å². The molecular formula is C11H24N6O2. The summed E-state index contributed by atoms with van der Waals surface area (Å²) in [5.74, 6) is -0.896. The van der Waals surface area contributed by atoms with E-state index < -0.39 is 5.91 Å². The van der Waals surface area contributed by atoms with Crippen LogP contribution in [0.1, 0.15) is 26.2 Å². The smallest absolute Gasteiger partial charge is 0.237 e. The van der Waals surface area contributed by atoms with E-state index in [1.54, 1.807) is 0 Å². The summed E-state index contributed by atoms with van der Waals surface area (Å²) < 4.78 is 0. The summed E-state index contributed by atoms with van der Waals surface area (Å²) in [5.41, 5.74) is 10.1. The van der Waals surface area contributed by atoms with Crippen molar-refractivity contribution in [3.8, 4) is 0 Å². The number of primary amides is 1. The molecule has 0 spiro atoms. The Bertz CT molecular complexity index is 308. The second-order valence-electron chi connectivity index (χ2n) is 4.17. The topological polar surface area (TPSA) is 146 Å². The summed E-state index contributed by atoms with van der Waals surface area (Å²) in [6.45, 7) is 3.09. The molecule has 0 fully saturated rings. The van der Waals surface area contributed by atoms with Gasteiger partial charge in [0.2, 0.25) is 11.8 Å². The van der Waals surface area contributed by atoms with E-state index in [1.807, 2.05) is 6.92 Å². The molecule has 8 nitrogen and oxygen atoms in total. The number of carbonyl (C=O) groups is 2. The third kappa shape index (κ3) is 9.83. The van der Waals surface area contributed by atoms with E-state index >= 15 is 0 Å². The average molecular weight is 272 g/mol. The minimum absolute atomic E-state index is 0.0868. The average Bonchev–Trinajstić information content (AvgIpc) is 2.34. The second kappa shape index (κ2) is 10.1. The van der Waals surface area contributed by atoms with Gasteiger partial charge in [-0.1, -0.05) is 6.92 Å². The SMILES string of the molecule is CCCN[C@@H](CCCNC(=N)N)C(=O)NCC(N)=O. The molecule has 0 saturated carbocycles. The molecule has 0 heterocycles. The molecule has 0 rings (SSSR count). The fourth-order valence-corrected chi connectivity index (χ4v) is 1.47. The maximum Gasteiger partial charge on any atom is 0.237 e. The van der Waals surface area contributed by atoms with Crippen LogP contribution < -0.4 is 27.4 Å². The second-order valence-corrected chi connectivity index (χ2v) is 4.17. The summed E-state index contributed by atoms with van der Waals surface area (Å²) in [4.78, 5) is 22.4. The first-order valence-corrected chi connectivity index (χ1v) is 6.34. The van der Waals surface area contributed by atoms with Gasteiger partial charge in [0, 0.05) is 6.54 Å². The molecule has 0 aromatic carbocycles. The number of hydrogen-bond donors (Lipinski definition) is 6. The molecule has 1 atom stereocenters. The molecule has 8 heteroatoms. The van der Waals surface area contributed by atoms with Gasteiger partial charge in [0.1, 0.15) is 0 Å². The van der Waals surface area contributed by atoms with Gasteiger partial charge in [-0.05, 0) is 25.8 Å². The van der Waals surface area contributed by atoms with Crippen molar-refractivity contribution in [2.24, 2.45) is 11.5 Å². The maximum absolute atomic E-state index is 11.8. The van der Waals surface area contributed by atoms with Crippen molar-refractivity contribution < 1.29 is 9.59 Å². The van der Waals surface area contributed by atoms with Crippen LogP contribution in [0.2, 0.25) is 0 Å². The van der Waals surface area contributed by atoms with E-state index in [0.29, 0.717) is 19.4 Å². The van der Waals surface area contributed by atoms with E-state index in [9.17, 15) is 9.59 Å². The van der Waals surface area contributed by atoms with E-state index in [-0.39, 0.29) is 24.5 Å². The Labute approximate surface area is 113 Å². The van der Waals surface area contributed by atoms with Crippen LogP contribution >= 0.6 is 0 Å². The van der Waals surface area contributed by atoms with Gasteiger partial charge in [0.05, 0.1) is 12.6 Å². The Morgan fingerprint density at radius 2 is 1.89 bits per heavy atom. The zero-order valence-corrected chi connectivity index (χ0v) is 11.3. The Hall–Kier alpha value is -1.83. The minimum atomic E-state index is -0.569. The highest BCUT2D eigenvalue weighted by molar-refractivity contribution is 5.86. The summed E-state index contributed by atoms with van der Waals surface area (Å²) in [7, 11) is 0. The molecule has 0 saturated heterocycles. The molecular weight excluding hydrogens is 248 g/mol. The van der Waals surface area contributed by atoms with Gasteiger partial charge in [-0.2, -0.15) is 0 Å². The van der Waals surface area contributed by atoms with Gasteiger partial charge >= 0.3 is 0 Å². The van der Waals surface area contributed by atoms with Crippen LogP contribution in [0.3, 0.4) is 0 Å². The molecule has 2 amide bonds. The fourth-order valence-electron chi connectivity index (χ4n) is 1.47. The first-order chi connectivity index (χ1) is 8.97. The summed E-state index contributed by atoms with van der Waals surface area (Å²) in [5, 5.41) is 15.3. The first-order valence-electron chi connectivity index (χ1n) is 6.34.